The first kappa shape index (κ1) is 19.3. The molecule has 1 unspecified atom stereocenters. The molecule has 1 aliphatic heterocycles. The minimum absolute atomic E-state index is 0.0856. The minimum Gasteiger partial charge on any atom is -0.383 e. The van der Waals surface area contributed by atoms with E-state index >= 15 is 0 Å². The average Bonchev–Trinajstić information content (AvgIpc) is 3.50. The Balaban J connectivity index is 1.60. The number of hydrogen-bond acceptors (Lipinski definition) is 4. The van der Waals surface area contributed by atoms with Gasteiger partial charge in [-0.1, -0.05) is 18.2 Å². The molecule has 3 aliphatic carbocycles. The third kappa shape index (κ3) is 2.73. The topological polar surface area (TPSA) is 62.6 Å². The van der Waals surface area contributed by atoms with Crippen molar-refractivity contribution in [2.75, 3.05) is 27.4 Å². The first-order valence-corrected chi connectivity index (χ1v) is 11.1. The van der Waals surface area contributed by atoms with Crippen molar-refractivity contribution in [3.05, 3.63) is 34.9 Å². The third-order valence-corrected chi connectivity index (χ3v) is 8.19. The lowest BCUT2D eigenvalue weighted by Gasteiger charge is -2.46. The zero-order chi connectivity index (χ0) is 20.2. The molecule has 1 amide bonds. The number of likely N-dealkylation sites (tertiary alicyclic amines) is 1. The van der Waals surface area contributed by atoms with Gasteiger partial charge in [-0.25, -0.2) is 0 Å². The molecule has 156 valence electrons. The van der Waals surface area contributed by atoms with E-state index in [1.807, 2.05) is 0 Å². The van der Waals surface area contributed by atoms with Gasteiger partial charge in [0.1, 0.15) is 5.84 Å². The molecular formula is C24H32N2O3. The first-order valence-electron chi connectivity index (χ1n) is 11.1. The summed E-state index contributed by atoms with van der Waals surface area (Å²) in [5.74, 6) is 1.27. The Labute approximate surface area is 173 Å². The van der Waals surface area contributed by atoms with Crippen molar-refractivity contribution in [2.45, 2.75) is 68.8 Å². The van der Waals surface area contributed by atoms with Gasteiger partial charge in [0.05, 0.1) is 24.7 Å². The second-order valence-electron chi connectivity index (χ2n) is 9.56. The summed E-state index contributed by atoms with van der Waals surface area (Å²) in [7, 11) is 3.45. The van der Waals surface area contributed by atoms with Gasteiger partial charge in [0.15, 0.2) is 0 Å². The number of amides is 1. The molecule has 5 heteroatoms. The number of fused-ring (bicyclic) bond motifs is 3. The standard InChI is InChI=1S/C24H32N2O3/c1-28-12-11-26-21(25)15-24(22(26)27)20-13-17(16-3-4-16)5-6-18(20)14-23(24)9-7-19(29-2)8-10-23/h5-6,13,16,19,25H,3-4,7-12,14-15H2,1-2H3. The van der Waals surface area contributed by atoms with Gasteiger partial charge in [-0.2, -0.15) is 0 Å². The number of hydrogen-bond donors (Lipinski definition) is 1. The fraction of sp³-hybridized carbons (Fsp3) is 0.667. The van der Waals surface area contributed by atoms with E-state index in [1.165, 1.54) is 29.5 Å². The summed E-state index contributed by atoms with van der Waals surface area (Å²) < 4.78 is 10.9. The van der Waals surface area contributed by atoms with Crippen molar-refractivity contribution in [1.82, 2.24) is 4.90 Å². The number of ether oxygens (including phenoxy) is 2. The summed E-state index contributed by atoms with van der Waals surface area (Å²) in [5.41, 5.74) is 3.29. The van der Waals surface area contributed by atoms with Crippen LogP contribution in [0.15, 0.2) is 18.2 Å². The Morgan fingerprint density at radius 2 is 1.90 bits per heavy atom. The highest BCUT2D eigenvalue weighted by atomic mass is 16.5. The van der Waals surface area contributed by atoms with Crippen molar-refractivity contribution in [3.8, 4) is 0 Å². The molecule has 5 nitrogen and oxygen atoms in total. The van der Waals surface area contributed by atoms with E-state index in [9.17, 15) is 4.79 Å². The van der Waals surface area contributed by atoms with Crippen molar-refractivity contribution >= 4 is 11.7 Å². The van der Waals surface area contributed by atoms with Crippen LogP contribution < -0.4 is 0 Å². The van der Waals surface area contributed by atoms with Crippen LogP contribution in [-0.4, -0.2) is 50.1 Å². The number of carbonyl (C=O) groups excluding carboxylic acids is 1. The maximum Gasteiger partial charge on any atom is 0.239 e. The summed E-state index contributed by atoms with van der Waals surface area (Å²) in [5, 5.41) is 8.70. The molecule has 29 heavy (non-hydrogen) atoms. The van der Waals surface area contributed by atoms with E-state index in [-0.39, 0.29) is 11.3 Å². The van der Waals surface area contributed by atoms with E-state index < -0.39 is 5.41 Å². The van der Waals surface area contributed by atoms with Crippen molar-refractivity contribution < 1.29 is 14.3 Å². The van der Waals surface area contributed by atoms with E-state index in [0.29, 0.717) is 37.4 Å². The normalized spacial score (nSPS) is 33.9. The van der Waals surface area contributed by atoms with Crippen LogP contribution in [-0.2, 0) is 26.1 Å². The number of benzene rings is 1. The Kier molecular flexibility index (Phi) is 4.59. The van der Waals surface area contributed by atoms with Crippen LogP contribution in [0.1, 0.15) is 67.6 Å². The average molecular weight is 397 g/mol. The number of rotatable bonds is 5. The van der Waals surface area contributed by atoms with Crippen LogP contribution in [0.25, 0.3) is 0 Å². The number of carbonyl (C=O) groups is 1. The molecule has 0 bridgehead atoms. The molecule has 1 aromatic rings. The fourth-order valence-corrected chi connectivity index (χ4v) is 6.42. The van der Waals surface area contributed by atoms with Gasteiger partial charge in [-0.05, 0) is 73.0 Å². The number of nitrogens with one attached hydrogen (secondary N) is 1. The Morgan fingerprint density at radius 3 is 2.55 bits per heavy atom. The highest BCUT2D eigenvalue weighted by Crippen LogP contribution is 2.63. The number of methoxy groups -OCH3 is 2. The maximum atomic E-state index is 14.0. The molecule has 4 aliphatic rings. The lowest BCUT2D eigenvalue weighted by atomic mass is 9.56. The second-order valence-corrected chi connectivity index (χ2v) is 9.56. The van der Waals surface area contributed by atoms with Crippen LogP contribution in [0.4, 0.5) is 0 Å². The second kappa shape index (κ2) is 6.92. The van der Waals surface area contributed by atoms with Gasteiger partial charge in [0, 0.05) is 20.6 Å². The molecule has 1 N–H and O–H groups in total. The van der Waals surface area contributed by atoms with Crippen LogP contribution in [0.5, 0.6) is 0 Å². The zero-order valence-corrected chi connectivity index (χ0v) is 17.6. The number of amidine groups is 1. The van der Waals surface area contributed by atoms with Gasteiger partial charge in [0.2, 0.25) is 5.91 Å². The maximum absolute atomic E-state index is 14.0. The molecule has 2 spiro atoms. The molecule has 1 aromatic carbocycles. The molecule has 0 radical (unpaired) electrons. The Morgan fingerprint density at radius 1 is 1.14 bits per heavy atom. The molecule has 1 atom stereocenters. The van der Waals surface area contributed by atoms with Crippen LogP contribution in [0.3, 0.4) is 0 Å². The van der Waals surface area contributed by atoms with Gasteiger partial charge in [-0.15, -0.1) is 0 Å². The van der Waals surface area contributed by atoms with Crippen LogP contribution >= 0.6 is 0 Å². The van der Waals surface area contributed by atoms with E-state index in [4.69, 9.17) is 14.9 Å². The Hall–Kier alpha value is -1.72. The van der Waals surface area contributed by atoms with Gasteiger partial charge in [0.25, 0.3) is 0 Å². The van der Waals surface area contributed by atoms with E-state index in [2.05, 4.69) is 18.2 Å². The minimum atomic E-state index is -0.573. The summed E-state index contributed by atoms with van der Waals surface area (Å²) in [6, 6.07) is 6.92. The molecule has 1 saturated heterocycles. The molecule has 5 rings (SSSR count). The van der Waals surface area contributed by atoms with Gasteiger partial charge < -0.3 is 9.47 Å². The van der Waals surface area contributed by atoms with E-state index in [1.54, 1.807) is 19.1 Å². The summed E-state index contributed by atoms with van der Waals surface area (Å²) in [6.07, 6.45) is 8.30. The highest BCUT2D eigenvalue weighted by molar-refractivity contribution is 6.11. The zero-order valence-electron chi connectivity index (χ0n) is 17.6. The first-order chi connectivity index (χ1) is 14.0. The number of nitrogens with zero attached hydrogens (tertiary/aromatic N) is 1. The lowest BCUT2D eigenvalue weighted by molar-refractivity contribution is -0.137. The fourth-order valence-electron chi connectivity index (χ4n) is 6.42. The predicted molar refractivity (Wildman–Crippen MR) is 111 cm³/mol. The monoisotopic (exact) mass is 396 g/mol. The lowest BCUT2D eigenvalue weighted by Crippen LogP contribution is -2.51. The highest BCUT2D eigenvalue weighted by Gasteiger charge is 2.66. The van der Waals surface area contributed by atoms with Gasteiger partial charge >= 0.3 is 0 Å². The predicted octanol–water partition coefficient (Wildman–Crippen LogP) is 3.79. The largest absolute Gasteiger partial charge is 0.383 e. The molecule has 1 heterocycles. The van der Waals surface area contributed by atoms with Crippen molar-refractivity contribution in [2.24, 2.45) is 5.41 Å². The summed E-state index contributed by atoms with van der Waals surface area (Å²) in [4.78, 5) is 15.7. The van der Waals surface area contributed by atoms with Crippen LogP contribution in [0, 0.1) is 10.8 Å². The molecule has 0 aromatic heterocycles. The third-order valence-electron chi connectivity index (χ3n) is 8.19. The van der Waals surface area contributed by atoms with E-state index in [0.717, 1.165) is 32.1 Å². The van der Waals surface area contributed by atoms with Crippen molar-refractivity contribution in [3.63, 3.8) is 0 Å². The Bertz CT molecular complexity index is 839. The van der Waals surface area contributed by atoms with Gasteiger partial charge in [-0.3, -0.25) is 15.1 Å². The quantitative estimate of drug-likeness (QED) is 0.824. The summed E-state index contributed by atoms with van der Waals surface area (Å²) in [6.45, 7) is 0.947. The molecular weight excluding hydrogens is 364 g/mol. The molecule has 2 saturated carbocycles. The molecule has 3 fully saturated rings. The summed E-state index contributed by atoms with van der Waals surface area (Å²) >= 11 is 0. The van der Waals surface area contributed by atoms with Crippen molar-refractivity contribution in [1.29, 1.82) is 5.41 Å². The van der Waals surface area contributed by atoms with Crippen LogP contribution in [0.2, 0.25) is 0 Å². The SMILES string of the molecule is COCCN1C(=N)CC2(C1=O)c1cc(C3CC3)ccc1CC21CCC(OC)CC1. The smallest absolute Gasteiger partial charge is 0.239 e.